The Labute approximate surface area is 109 Å². The van der Waals surface area contributed by atoms with E-state index in [0.717, 1.165) is 27.9 Å². The SMILES string of the molecule is Cc1nc(C2CSCCN2C)sc1CC(=O)O. The highest BCUT2D eigenvalue weighted by Crippen LogP contribution is 2.32. The number of carboxylic acid groups (broad SMARTS) is 1. The molecule has 1 aliphatic rings. The van der Waals surface area contributed by atoms with Crippen molar-refractivity contribution < 1.29 is 9.90 Å². The van der Waals surface area contributed by atoms with Crippen LogP contribution in [0.2, 0.25) is 0 Å². The summed E-state index contributed by atoms with van der Waals surface area (Å²) in [6, 6.07) is 0.347. The van der Waals surface area contributed by atoms with E-state index >= 15 is 0 Å². The molecule has 2 heterocycles. The summed E-state index contributed by atoms with van der Waals surface area (Å²) in [4.78, 5) is 18.5. The van der Waals surface area contributed by atoms with Crippen LogP contribution in [0.4, 0.5) is 0 Å². The summed E-state index contributed by atoms with van der Waals surface area (Å²) >= 11 is 3.49. The highest BCUT2D eigenvalue weighted by molar-refractivity contribution is 7.99. The molecule has 4 nitrogen and oxygen atoms in total. The van der Waals surface area contributed by atoms with Gasteiger partial charge in [0.25, 0.3) is 0 Å². The van der Waals surface area contributed by atoms with Gasteiger partial charge in [0.05, 0.1) is 18.2 Å². The molecule has 1 fully saturated rings. The maximum Gasteiger partial charge on any atom is 0.308 e. The number of rotatable bonds is 3. The van der Waals surface area contributed by atoms with Crippen molar-refractivity contribution in [3.8, 4) is 0 Å². The molecule has 0 bridgehead atoms. The predicted molar refractivity (Wildman–Crippen MR) is 70.9 cm³/mol. The van der Waals surface area contributed by atoms with Gasteiger partial charge >= 0.3 is 5.97 Å². The van der Waals surface area contributed by atoms with E-state index in [0.29, 0.717) is 6.04 Å². The van der Waals surface area contributed by atoms with Gasteiger partial charge in [-0.05, 0) is 14.0 Å². The van der Waals surface area contributed by atoms with Crippen molar-refractivity contribution in [3.63, 3.8) is 0 Å². The summed E-state index contributed by atoms with van der Waals surface area (Å²) in [7, 11) is 2.11. The number of aromatic nitrogens is 1. The molecule has 0 aromatic carbocycles. The van der Waals surface area contributed by atoms with E-state index in [1.165, 1.54) is 5.75 Å². The van der Waals surface area contributed by atoms with E-state index in [-0.39, 0.29) is 6.42 Å². The van der Waals surface area contributed by atoms with Gasteiger partial charge in [0.2, 0.25) is 0 Å². The van der Waals surface area contributed by atoms with Gasteiger partial charge in [0, 0.05) is 22.9 Å². The Hall–Kier alpha value is -0.590. The summed E-state index contributed by atoms with van der Waals surface area (Å²) < 4.78 is 0. The van der Waals surface area contributed by atoms with Crippen molar-refractivity contribution in [1.29, 1.82) is 0 Å². The lowest BCUT2D eigenvalue weighted by Crippen LogP contribution is -2.32. The van der Waals surface area contributed by atoms with E-state index in [2.05, 4.69) is 16.9 Å². The molecule has 0 saturated carbocycles. The third-order valence-electron chi connectivity index (χ3n) is 2.90. The van der Waals surface area contributed by atoms with Gasteiger partial charge in [-0.25, -0.2) is 4.98 Å². The molecule has 1 unspecified atom stereocenters. The van der Waals surface area contributed by atoms with Crippen molar-refractivity contribution in [2.75, 3.05) is 25.1 Å². The molecule has 1 aromatic rings. The molecule has 0 aliphatic carbocycles. The first-order chi connectivity index (χ1) is 8.08. The molecule has 1 atom stereocenters. The molecule has 0 amide bonds. The Morgan fingerprint density at radius 3 is 3.06 bits per heavy atom. The zero-order chi connectivity index (χ0) is 12.4. The van der Waals surface area contributed by atoms with Crippen LogP contribution in [0.3, 0.4) is 0 Å². The first-order valence-corrected chi connectivity index (χ1v) is 7.51. The minimum absolute atomic E-state index is 0.0904. The van der Waals surface area contributed by atoms with Crippen LogP contribution >= 0.6 is 23.1 Å². The van der Waals surface area contributed by atoms with Gasteiger partial charge in [0.15, 0.2) is 0 Å². The van der Waals surface area contributed by atoms with E-state index in [1.807, 2.05) is 18.7 Å². The Morgan fingerprint density at radius 2 is 2.41 bits per heavy atom. The average molecular weight is 272 g/mol. The summed E-state index contributed by atoms with van der Waals surface area (Å²) in [6.45, 7) is 2.97. The van der Waals surface area contributed by atoms with E-state index in [1.54, 1.807) is 11.3 Å². The van der Waals surface area contributed by atoms with Crippen LogP contribution in [0.5, 0.6) is 0 Å². The molecule has 0 radical (unpaired) electrons. The maximum absolute atomic E-state index is 10.7. The van der Waals surface area contributed by atoms with Crippen molar-refractivity contribution in [2.45, 2.75) is 19.4 Å². The lowest BCUT2D eigenvalue weighted by molar-refractivity contribution is -0.136. The molecular formula is C11H16N2O2S2. The number of thiazole rings is 1. The molecule has 2 rings (SSSR count). The molecule has 6 heteroatoms. The first kappa shape index (κ1) is 12.9. The molecule has 1 N–H and O–H groups in total. The Morgan fingerprint density at radius 1 is 1.65 bits per heavy atom. The summed E-state index contributed by atoms with van der Waals surface area (Å²) in [6.07, 6.45) is 0.0904. The fraction of sp³-hybridized carbons (Fsp3) is 0.636. The Kier molecular flexibility index (Phi) is 4.06. The normalized spacial score (nSPS) is 21.6. The van der Waals surface area contributed by atoms with Crippen molar-refractivity contribution in [1.82, 2.24) is 9.88 Å². The van der Waals surface area contributed by atoms with Crippen LogP contribution in [0, 0.1) is 6.92 Å². The van der Waals surface area contributed by atoms with Gasteiger partial charge in [0.1, 0.15) is 5.01 Å². The number of aliphatic carboxylic acids is 1. The van der Waals surface area contributed by atoms with Crippen LogP contribution in [-0.2, 0) is 11.2 Å². The van der Waals surface area contributed by atoms with E-state index in [4.69, 9.17) is 5.11 Å². The number of aryl methyl sites for hydroxylation is 1. The fourth-order valence-corrected chi connectivity index (χ4v) is 4.39. The van der Waals surface area contributed by atoms with E-state index in [9.17, 15) is 4.79 Å². The molecule has 1 saturated heterocycles. The summed E-state index contributed by atoms with van der Waals surface area (Å²) in [5.74, 6) is 1.43. The van der Waals surface area contributed by atoms with Crippen LogP contribution in [0.1, 0.15) is 21.6 Å². The van der Waals surface area contributed by atoms with Crippen LogP contribution < -0.4 is 0 Å². The smallest absolute Gasteiger partial charge is 0.308 e. The zero-order valence-corrected chi connectivity index (χ0v) is 11.6. The number of carboxylic acids is 1. The van der Waals surface area contributed by atoms with Crippen molar-refractivity contribution in [2.24, 2.45) is 0 Å². The van der Waals surface area contributed by atoms with Gasteiger partial charge in [-0.3, -0.25) is 9.69 Å². The largest absolute Gasteiger partial charge is 0.481 e. The summed E-state index contributed by atoms with van der Waals surface area (Å²) in [5.41, 5.74) is 0.872. The van der Waals surface area contributed by atoms with Crippen LogP contribution in [-0.4, -0.2) is 46.1 Å². The molecule has 1 aliphatic heterocycles. The number of hydrogen-bond donors (Lipinski definition) is 1. The lowest BCUT2D eigenvalue weighted by Gasteiger charge is -2.30. The fourth-order valence-electron chi connectivity index (χ4n) is 1.84. The lowest BCUT2D eigenvalue weighted by atomic mass is 10.3. The summed E-state index contributed by atoms with van der Waals surface area (Å²) in [5, 5.41) is 9.89. The van der Waals surface area contributed by atoms with E-state index < -0.39 is 5.97 Å². The third kappa shape index (κ3) is 3.00. The molecule has 0 spiro atoms. The Bertz CT molecular complexity index is 420. The third-order valence-corrected chi connectivity index (χ3v) is 5.18. The van der Waals surface area contributed by atoms with Gasteiger partial charge in [-0.15, -0.1) is 11.3 Å². The van der Waals surface area contributed by atoms with Gasteiger partial charge < -0.3 is 5.11 Å². The van der Waals surface area contributed by atoms with Gasteiger partial charge in [-0.1, -0.05) is 0 Å². The van der Waals surface area contributed by atoms with Crippen molar-refractivity contribution in [3.05, 3.63) is 15.6 Å². The topological polar surface area (TPSA) is 53.4 Å². The second kappa shape index (κ2) is 5.37. The maximum atomic E-state index is 10.7. The minimum Gasteiger partial charge on any atom is -0.481 e. The van der Waals surface area contributed by atoms with Crippen LogP contribution in [0.15, 0.2) is 0 Å². The Balaban J connectivity index is 2.18. The average Bonchev–Trinajstić information content (AvgIpc) is 2.60. The minimum atomic E-state index is -0.783. The number of thioether (sulfide) groups is 1. The highest BCUT2D eigenvalue weighted by atomic mass is 32.2. The second-order valence-corrected chi connectivity index (χ2v) is 6.47. The quantitative estimate of drug-likeness (QED) is 0.909. The molecule has 1 aromatic heterocycles. The van der Waals surface area contributed by atoms with Crippen molar-refractivity contribution >= 4 is 29.1 Å². The number of nitrogens with zero attached hydrogens (tertiary/aromatic N) is 2. The number of hydrogen-bond acceptors (Lipinski definition) is 5. The van der Waals surface area contributed by atoms with Gasteiger partial charge in [-0.2, -0.15) is 11.8 Å². The highest BCUT2D eigenvalue weighted by Gasteiger charge is 2.25. The standard InChI is InChI=1S/C11H16N2O2S2/c1-7-9(5-10(14)15)17-11(12-7)8-6-16-4-3-13(8)2/h8H,3-6H2,1-2H3,(H,14,15). The predicted octanol–water partition coefficient (Wildman–Crippen LogP) is 1.80. The first-order valence-electron chi connectivity index (χ1n) is 5.54. The molecular weight excluding hydrogens is 256 g/mol. The zero-order valence-electron chi connectivity index (χ0n) is 9.97. The molecule has 17 heavy (non-hydrogen) atoms. The monoisotopic (exact) mass is 272 g/mol. The molecule has 94 valence electrons. The second-order valence-electron chi connectivity index (χ2n) is 4.20. The van der Waals surface area contributed by atoms with Crippen LogP contribution in [0.25, 0.3) is 0 Å². The number of carbonyl (C=O) groups is 1.